The van der Waals surface area contributed by atoms with Crippen LogP contribution in [0.2, 0.25) is 0 Å². The van der Waals surface area contributed by atoms with Crippen molar-refractivity contribution in [2.24, 2.45) is 22.7 Å². The first-order valence-corrected chi connectivity index (χ1v) is 8.72. The van der Waals surface area contributed by atoms with Gasteiger partial charge in [-0.25, -0.2) is 0 Å². The molecule has 3 heteroatoms. The van der Waals surface area contributed by atoms with E-state index in [1.807, 2.05) is 13.0 Å². The zero-order valence-corrected chi connectivity index (χ0v) is 14.7. The molecule has 0 spiro atoms. The zero-order valence-electron chi connectivity index (χ0n) is 14.7. The van der Waals surface area contributed by atoms with Gasteiger partial charge in [-0.05, 0) is 43.1 Å². The van der Waals surface area contributed by atoms with E-state index in [2.05, 4.69) is 27.7 Å². The van der Waals surface area contributed by atoms with Crippen LogP contribution in [-0.2, 0) is 14.3 Å². The molecule has 2 fully saturated rings. The van der Waals surface area contributed by atoms with Gasteiger partial charge >= 0.3 is 5.97 Å². The predicted octanol–water partition coefficient (Wildman–Crippen LogP) is 4.31. The van der Waals surface area contributed by atoms with Gasteiger partial charge in [-0.3, -0.25) is 9.59 Å². The highest BCUT2D eigenvalue weighted by Crippen LogP contribution is 2.65. The molecule has 124 valence electrons. The number of carbonyl (C=O) groups excluding carboxylic acids is 2. The van der Waals surface area contributed by atoms with Gasteiger partial charge in [-0.2, -0.15) is 0 Å². The lowest BCUT2D eigenvalue weighted by Gasteiger charge is -2.31. The van der Waals surface area contributed by atoms with Crippen LogP contribution >= 0.6 is 0 Å². The summed E-state index contributed by atoms with van der Waals surface area (Å²) in [7, 11) is 0. The van der Waals surface area contributed by atoms with Gasteiger partial charge in [0.2, 0.25) is 0 Å². The number of Topliss-reactive ketones (excluding diaryl/α,β-unsaturated/α-hetero) is 1. The van der Waals surface area contributed by atoms with Crippen molar-refractivity contribution in [1.82, 2.24) is 0 Å². The van der Waals surface area contributed by atoms with Gasteiger partial charge in [0.1, 0.15) is 0 Å². The highest BCUT2D eigenvalue weighted by atomic mass is 16.5. The standard InChI is InChI=1S/C19H30O3/c1-6-8-9-13(17(21)22-7-2)12-14-15-10-11-19(5,16(14)20)18(15,3)4/h12-13,15H,6-11H2,1-5H3/b14-12+/t13-,15+,19+/m0/s1. The third-order valence-corrected chi connectivity index (χ3v) is 6.20. The average molecular weight is 306 g/mol. The van der Waals surface area contributed by atoms with Crippen LogP contribution in [0.3, 0.4) is 0 Å². The third-order valence-electron chi connectivity index (χ3n) is 6.20. The summed E-state index contributed by atoms with van der Waals surface area (Å²) in [6.07, 6.45) is 6.78. The van der Waals surface area contributed by atoms with Crippen molar-refractivity contribution >= 4 is 11.8 Å². The number of fused-ring (bicyclic) bond motifs is 2. The van der Waals surface area contributed by atoms with Gasteiger partial charge in [0.25, 0.3) is 0 Å². The van der Waals surface area contributed by atoms with Crippen molar-refractivity contribution in [1.29, 1.82) is 0 Å². The fraction of sp³-hybridized carbons (Fsp3) is 0.789. The van der Waals surface area contributed by atoms with Crippen molar-refractivity contribution in [3.8, 4) is 0 Å². The Morgan fingerprint density at radius 1 is 1.36 bits per heavy atom. The molecule has 2 saturated carbocycles. The molecule has 0 unspecified atom stereocenters. The van der Waals surface area contributed by atoms with E-state index in [0.717, 1.165) is 37.7 Å². The second kappa shape index (κ2) is 6.17. The fourth-order valence-corrected chi connectivity index (χ4v) is 4.28. The maximum atomic E-state index is 12.9. The van der Waals surface area contributed by atoms with Crippen LogP contribution in [0.1, 0.15) is 66.7 Å². The molecule has 0 N–H and O–H groups in total. The molecule has 3 atom stereocenters. The van der Waals surface area contributed by atoms with Gasteiger partial charge in [0.15, 0.2) is 5.78 Å². The number of ketones is 1. The number of esters is 1. The quantitative estimate of drug-likeness (QED) is 0.542. The van der Waals surface area contributed by atoms with Crippen LogP contribution in [0.15, 0.2) is 11.6 Å². The molecule has 2 bridgehead atoms. The zero-order chi connectivity index (χ0) is 16.5. The van der Waals surface area contributed by atoms with Gasteiger partial charge in [0, 0.05) is 5.41 Å². The molecule has 3 nitrogen and oxygen atoms in total. The van der Waals surface area contributed by atoms with Gasteiger partial charge in [-0.1, -0.05) is 46.6 Å². The normalized spacial score (nSPS) is 32.5. The van der Waals surface area contributed by atoms with Crippen LogP contribution in [0.25, 0.3) is 0 Å². The van der Waals surface area contributed by atoms with E-state index in [-0.39, 0.29) is 28.5 Å². The van der Waals surface area contributed by atoms with Crippen LogP contribution in [0.4, 0.5) is 0 Å². The van der Waals surface area contributed by atoms with Crippen LogP contribution in [0.5, 0.6) is 0 Å². The van der Waals surface area contributed by atoms with Crippen LogP contribution < -0.4 is 0 Å². The van der Waals surface area contributed by atoms with Gasteiger partial charge in [0.05, 0.1) is 12.5 Å². The summed E-state index contributed by atoms with van der Waals surface area (Å²) < 4.78 is 5.21. The Hall–Kier alpha value is -1.12. The summed E-state index contributed by atoms with van der Waals surface area (Å²) in [5.74, 6) is 0.114. The topological polar surface area (TPSA) is 43.4 Å². The summed E-state index contributed by atoms with van der Waals surface area (Å²) in [5, 5.41) is 0. The van der Waals surface area contributed by atoms with Crippen molar-refractivity contribution in [3.63, 3.8) is 0 Å². The average Bonchev–Trinajstić information content (AvgIpc) is 2.77. The highest BCUT2D eigenvalue weighted by molar-refractivity contribution is 6.05. The molecule has 0 radical (unpaired) electrons. The van der Waals surface area contributed by atoms with E-state index in [0.29, 0.717) is 12.5 Å². The van der Waals surface area contributed by atoms with E-state index in [1.165, 1.54) is 0 Å². The van der Waals surface area contributed by atoms with Crippen molar-refractivity contribution in [3.05, 3.63) is 11.6 Å². The van der Waals surface area contributed by atoms with Gasteiger partial charge in [-0.15, -0.1) is 0 Å². The predicted molar refractivity (Wildman–Crippen MR) is 87.4 cm³/mol. The molecule has 0 aromatic rings. The van der Waals surface area contributed by atoms with Crippen molar-refractivity contribution < 1.29 is 14.3 Å². The second-order valence-electron chi connectivity index (χ2n) is 7.60. The molecule has 0 aromatic carbocycles. The Labute approximate surface area is 134 Å². The largest absolute Gasteiger partial charge is 0.466 e. The molecule has 22 heavy (non-hydrogen) atoms. The SMILES string of the molecule is CCCC[C@@H](/C=C1/C(=O)[C@@]2(C)CC[C@H]1C2(C)C)C(=O)OCC. The number of ether oxygens (including phenoxy) is 1. The lowest BCUT2D eigenvalue weighted by molar-refractivity contribution is -0.146. The van der Waals surface area contributed by atoms with E-state index in [9.17, 15) is 9.59 Å². The Balaban J connectivity index is 2.29. The molecular formula is C19H30O3. The van der Waals surface area contributed by atoms with E-state index < -0.39 is 0 Å². The summed E-state index contributed by atoms with van der Waals surface area (Å²) in [6, 6.07) is 0. The fourth-order valence-electron chi connectivity index (χ4n) is 4.28. The smallest absolute Gasteiger partial charge is 0.312 e. The summed E-state index contributed by atoms with van der Waals surface area (Å²) >= 11 is 0. The molecule has 2 aliphatic carbocycles. The Bertz CT molecular complexity index is 489. The third kappa shape index (κ3) is 2.53. The minimum Gasteiger partial charge on any atom is -0.466 e. The summed E-state index contributed by atoms with van der Waals surface area (Å²) in [6.45, 7) is 10.8. The van der Waals surface area contributed by atoms with Gasteiger partial charge < -0.3 is 4.74 Å². The summed E-state index contributed by atoms with van der Waals surface area (Å²) in [5.41, 5.74) is 0.640. The minimum atomic E-state index is -0.266. The molecule has 2 aliphatic rings. The Kier molecular flexibility index (Phi) is 4.84. The minimum absolute atomic E-state index is 0.000115. The monoisotopic (exact) mass is 306 g/mol. The Morgan fingerprint density at radius 3 is 2.55 bits per heavy atom. The number of unbranched alkanes of at least 4 members (excludes halogenated alkanes) is 1. The molecular weight excluding hydrogens is 276 g/mol. The van der Waals surface area contributed by atoms with Crippen molar-refractivity contribution in [2.75, 3.05) is 6.61 Å². The maximum absolute atomic E-state index is 12.9. The first-order valence-electron chi connectivity index (χ1n) is 8.72. The maximum Gasteiger partial charge on any atom is 0.312 e. The van der Waals surface area contributed by atoms with Crippen molar-refractivity contribution in [2.45, 2.75) is 66.7 Å². The first kappa shape index (κ1) is 17.2. The van der Waals surface area contributed by atoms with Crippen LogP contribution in [0, 0.1) is 22.7 Å². The molecule has 2 rings (SSSR count). The van der Waals surface area contributed by atoms with E-state index in [1.54, 1.807) is 0 Å². The first-order chi connectivity index (χ1) is 10.3. The highest BCUT2D eigenvalue weighted by Gasteiger charge is 2.63. The molecule has 0 amide bonds. The lowest BCUT2D eigenvalue weighted by Crippen LogP contribution is -2.32. The van der Waals surface area contributed by atoms with Crippen LogP contribution in [-0.4, -0.2) is 18.4 Å². The Morgan fingerprint density at radius 2 is 2.05 bits per heavy atom. The molecule has 0 aliphatic heterocycles. The summed E-state index contributed by atoms with van der Waals surface area (Å²) in [4.78, 5) is 25.1. The van der Waals surface area contributed by atoms with E-state index in [4.69, 9.17) is 4.74 Å². The number of hydrogen-bond acceptors (Lipinski definition) is 3. The number of rotatable bonds is 6. The second-order valence-corrected chi connectivity index (χ2v) is 7.60. The number of carbonyl (C=O) groups is 2. The van der Waals surface area contributed by atoms with E-state index >= 15 is 0 Å². The lowest BCUT2D eigenvalue weighted by atomic mass is 9.70. The number of allylic oxidation sites excluding steroid dienone is 1. The molecule has 0 aromatic heterocycles. The molecule has 0 heterocycles. The number of hydrogen-bond donors (Lipinski definition) is 0. The molecule has 0 saturated heterocycles.